The number of H-pyrrole nitrogens is 1. The summed E-state index contributed by atoms with van der Waals surface area (Å²) in [6.45, 7) is 6.81. The molecule has 3 amide bonds. The van der Waals surface area contributed by atoms with Gasteiger partial charge in [-0.1, -0.05) is 44.9 Å². The second-order valence-electron chi connectivity index (χ2n) is 10.5. The minimum absolute atomic E-state index is 0.0602. The minimum Gasteiger partial charge on any atom is -0.476 e. The summed E-state index contributed by atoms with van der Waals surface area (Å²) in [5, 5.41) is 11.1. The maximum atomic E-state index is 14.1. The Bertz CT molecular complexity index is 1290. The number of likely N-dealkylation sites (tertiary alicyclic amines) is 1. The average Bonchev–Trinajstić information content (AvgIpc) is 3.35. The van der Waals surface area contributed by atoms with Crippen molar-refractivity contribution in [3.05, 3.63) is 51.6 Å². The Kier molecular flexibility index (Phi) is 8.83. The smallest absolute Gasteiger partial charge is 0.355 e. The molecule has 0 aliphatic carbocycles. The molecule has 0 spiro atoms. The van der Waals surface area contributed by atoms with Gasteiger partial charge < -0.3 is 20.7 Å². The molecule has 3 heterocycles. The first-order chi connectivity index (χ1) is 18.2. The SMILES string of the molecule is Cc1sc([C@@H](Cc2c[nH]c3ccccc23)N(C(=O)[C@@H](N)CC(C)C)C(=O)N2CCCCCC2)nc1C(=O)O. The van der Waals surface area contributed by atoms with Gasteiger partial charge in [0.1, 0.15) is 5.01 Å². The van der Waals surface area contributed by atoms with Crippen molar-refractivity contribution in [1.29, 1.82) is 0 Å². The fourth-order valence-electron chi connectivity index (χ4n) is 5.14. The van der Waals surface area contributed by atoms with E-state index in [1.54, 1.807) is 11.8 Å². The van der Waals surface area contributed by atoms with Gasteiger partial charge in [0.25, 0.3) is 0 Å². The number of hydrogen-bond donors (Lipinski definition) is 3. The zero-order chi connectivity index (χ0) is 27.4. The van der Waals surface area contributed by atoms with E-state index >= 15 is 0 Å². The molecule has 0 saturated carbocycles. The minimum atomic E-state index is -1.14. The van der Waals surface area contributed by atoms with E-state index in [0.29, 0.717) is 29.4 Å². The maximum Gasteiger partial charge on any atom is 0.355 e. The van der Waals surface area contributed by atoms with E-state index in [0.717, 1.165) is 42.1 Å². The first kappa shape index (κ1) is 27.8. The van der Waals surface area contributed by atoms with Gasteiger partial charge in [0.05, 0.1) is 12.1 Å². The van der Waals surface area contributed by atoms with Crippen LogP contribution >= 0.6 is 11.3 Å². The Balaban J connectivity index is 1.83. The largest absolute Gasteiger partial charge is 0.476 e. The molecule has 2 aromatic heterocycles. The maximum absolute atomic E-state index is 14.1. The first-order valence-corrected chi connectivity index (χ1v) is 14.1. The lowest BCUT2D eigenvalue weighted by atomic mass is 10.0. The van der Waals surface area contributed by atoms with Crippen molar-refractivity contribution in [2.75, 3.05) is 13.1 Å². The summed E-state index contributed by atoms with van der Waals surface area (Å²) in [5.74, 6) is -1.43. The van der Waals surface area contributed by atoms with E-state index in [1.165, 1.54) is 16.2 Å². The Morgan fingerprint density at radius 3 is 2.47 bits per heavy atom. The molecule has 1 fully saturated rings. The van der Waals surface area contributed by atoms with E-state index in [4.69, 9.17) is 5.73 Å². The number of rotatable bonds is 8. The number of thiazole rings is 1. The third-order valence-electron chi connectivity index (χ3n) is 7.06. The van der Waals surface area contributed by atoms with Crippen molar-refractivity contribution < 1.29 is 19.5 Å². The molecule has 1 aliphatic heterocycles. The number of urea groups is 1. The highest BCUT2D eigenvalue weighted by Crippen LogP contribution is 2.34. The van der Waals surface area contributed by atoms with E-state index in [-0.39, 0.29) is 24.1 Å². The van der Waals surface area contributed by atoms with Crippen LogP contribution < -0.4 is 5.73 Å². The number of aryl methyl sites for hydroxylation is 1. The van der Waals surface area contributed by atoms with E-state index < -0.39 is 24.0 Å². The highest BCUT2D eigenvalue weighted by molar-refractivity contribution is 7.12. The quantitative estimate of drug-likeness (QED) is 0.364. The molecule has 2 atom stereocenters. The lowest BCUT2D eigenvalue weighted by Crippen LogP contribution is -2.54. The number of imide groups is 1. The number of nitrogens with one attached hydrogen (secondary N) is 1. The molecule has 1 saturated heterocycles. The second-order valence-corrected chi connectivity index (χ2v) is 11.7. The van der Waals surface area contributed by atoms with E-state index in [9.17, 15) is 19.5 Å². The van der Waals surface area contributed by atoms with E-state index in [2.05, 4.69) is 9.97 Å². The summed E-state index contributed by atoms with van der Waals surface area (Å²) < 4.78 is 0. The predicted molar refractivity (Wildman–Crippen MR) is 148 cm³/mol. The number of carbonyl (C=O) groups is 3. The summed E-state index contributed by atoms with van der Waals surface area (Å²) >= 11 is 1.21. The molecule has 38 heavy (non-hydrogen) atoms. The summed E-state index contributed by atoms with van der Waals surface area (Å²) in [7, 11) is 0. The fraction of sp³-hybridized carbons (Fsp3) is 0.500. The molecule has 204 valence electrons. The number of benzene rings is 1. The molecule has 1 aromatic carbocycles. The van der Waals surface area contributed by atoms with Gasteiger partial charge in [-0.05, 0) is 43.7 Å². The lowest BCUT2D eigenvalue weighted by molar-refractivity contribution is -0.132. The van der Waals surface area contributed by atoms with Crippen LogP contribution in [0.2, 0.25) is 0 Å². The van der Waals surface area contributed by atoms with Crippen LogP contribution in [-0.2, 0) is 11.2 Å². The number of aromatic nitrogens is 2. The van der Waals surface area contributed by atoms with Crippen molar-refractivity contribution in [2.45, 2.75) is 71.4 Å². The van der Waals surface area contributed by atoms with Crippen LogP contribution in [-0.4, -0.2) is 61.9 Å². The molecular weight excluding hydrogens is 502 g/mol. The van der Waals surface area contributed by atoms with Crippen molar-refractivity contribution in [3.63, 3.8) is 0 Å². The molecule has 1 aliphatic rings. The highest BCUT2D eigenvalue weighted by atomic mass is 32.1. The average molecular weight is 540 g/mol. The number of aromatic amines is 1. The number of nitrogens with two attached hydrogens (primary N) is 1. The Morgan fingerprint density at radius 2 is 1.84 bits per heavy atom. The van der Waals surface area contributed by atoms with Crippen LogP contribution in [0, 0.1) is 12.8 Å². The number of fused-ring (bicyclic) bond motifs is 1. The number of hydrogen-bond acceptors (Lipinski definition) is 6. The van der Waals surface area contributed by atoms with Gasteiger partial charge in [-0.2, -0.15) is 0 Å². The lowest BCUT2D eigenvalue weighted by Gasteiger charge is -2.35. The number of carboxylic acid groups (broad SMARTS) is 1. The second kappa shape index (κ2) is 12.1. The third kappa shape index (κ3) is 6.07. The number of amides is 3. The number of nitrogens with zero attached hydrogens (tertiary/aromatic N) is 3. The van der Waals surface area contributed by atoms with Gasteiger partial charge in [-0.15, -0.1) is 11.3 Å². The normalized spacial score (nSPS) is 15.9. The number of carbonyl (C=O) groups excluding carboxylic acids is 2. The van der Waals surface area contributed by atoms with Crippen molar-refractivity contribution in [3.8, 4) is 0 Å². The zero-order valence-corrected chi connectivity index (χ0v) is 23.1. The van der Waals surface area contributed by atoms with Crippen molar-refractivity contribution >= 4 is 40.1 Å². The van der Waals surface area contributed by atoms with Gasteiger partial charge in [-0.3, -0.25) is 9.69 Å². The summed E-state index contributed by atoms with van der Waals surface area (Å²) in [5.41, 5.74) is 8.19. The predicted octanol–water partition coefficient (Wildman–Crippen LogP) is 5.11. The first-order valence-electron chi connectivity index (χ1n) is 13.3. The number of aromatic carboxylic acids is 1. The molecule has 10 heteroatoms. The molecular formula is C28H37N5O4S. The van der Waals surface area contributed by atoms with Crippen LogP contribution in [0.5, 0.6) is 0 Å². The Hall–Kier alpha value is -3.24. The zero-order valence-electron chi connectivity index (χ0n) is 22.3. The Labute approximate surface area is 227 Å². The molecule has 0 radical (unpaired) electrons. The van der Waals surface area contributed by atoms with Crippen molar-refractivity contribution in [1.82, 2.24) is 19.8 Å². The molecule has 4 N–H and O–H groups in total. The third-order valence-corrected chi connectivity index (χ3v) is 8.14. The molecule has 4 rings (SSSR count). The van der Waals surface area contributed by atoms with Gasteiger partial charge >= 0.3 is 12.0 Å². The van der Waals surface area contributed by atoms with Crippen LogP contribution in [0.4, 0.5) is 4.79 Å². The van der Waals surface area contributed by atoms with Crippen LogP contribution in [0.15, 0.2) is 30.5 Å². The number of carboxylic acids is 1. The van der Waals surface area contributed by atoms with Gasteiger partial charge in [-0.25, -0.2) is 14.6 Å². The number of para-hydroxylation sites is 1. The standard InChI is InChI=1S/C28H37N5O4S/c1-17(2)14-21(29)26(34)33(28(37)32-12-8-4-5-9-13-32)23(25-31-24(27(35)36)18(3)38-25)15-19-16-30-22-11-7-6-10-20(19)22/h6-7,10-11,16-17,21,23,30H,4-5,8-9,12-15,29H2,1-3H3,(H,35,36)/t21-,23+/m0/s1. The molecule has 9 nitrogen and oxygen atoms in total. The molecule has 3 aromatic rings. The van der Waals surface area contributed by atoms with Gasteiger partial charge in [0.15, 0.2) is 5.69 Å². The van der Waals surface area contributed by atoms with E-state index in [1.807, 2.05) is 44.3 Å². The van der Waals surface area contributed by atoms with Crippen LogP contribution in [0.3, 0.4) is 0 Å². The topological polar surface area (TPSA) is 133 Å². The van der Waals surface area contributed by atoms with Crippen LogP contribution in [0.25, 0.3) is 10.9 Å². The summed E-state index contributed by atoms with van der Waals surface area (Å²) in [6.07, 6.45) is 6.42. The highest BCUT2D eigenvalue weighted by Gasteiger charge is 2.39. The van der Waals surface area contributed by atoms with Crippen molar-refractivity contribution in [2.24, 2.45) is 11.7 Å². The summed E-state index contributed by atoms with van der Waals surface area (Å²) in [4.78, 5) is 51.3. The summed E-state index contributed by atoms with van der Waals surface area (Å²) in [6, 6.07) is 5.78. The van der Waals surface area contributed by atoms with Gasteiger partial charge in [0.2, 0.25) is 5.91 Å². The molecule has 0 bridgehead atoms. The monoisotopic (exact) mass is 539 g/mol. The van der Waals surface area contributed by atoms with Crippen LogP contribution in [0.1, 0.15) is 77.9 Å². The Morgan fingerprint density at radius 1 is 1.16 bits per heavy atom. The van der Waals surface area contributed by atoms with Gasteiger partial charge in [0, 0.05) is 41.5 Å². The molecule has 0 unspecified atom stereocenters. The fourth-order valence-corrected chi connectivity index (χ4v) is 6.14.